The van der Waals surface area contributed by atoms with Crippen molar-refractivity contribution >= 4 is 17.9 Å². The Bertz CT molecular complexity index is 1050. The fourth-order valence-corrected chi connectivity index (χ4v) is 3.24. The van der Waals surface area contributed by atoms with Crippen molar-refractivity contribution in [3.8, 4) is 0 Å². The minimum Gasteiger partial charge on any atom is -0.388 e. The summed E-state index contributed by atoms with van der Waals surface area (Å²) in [6.07, 6.45) is 2.92. The van der Waals surface area contributed by atoms with Gasteiger partial charge in [0.1, 0.15) is 24.5 Å². The Morgan fingerprint density at radius 2 is 1.97 bits per heavy atom. The van der Waals surface area contributed by atoms with Crippen LogP contribution in [-0.4, -0.2) is 40.6 Å². The van der Waals surface area contributed by atoms with Crippen molar-refractivity contribution < 1.29 is 23.1 Å². The summed E-state index contributed by atoms with van der Waals surface area (Å²) in [5.41, 5.74) is 7.83. The van der Waals surface area contributed by atoms with Crippen LogP contribution in [-0.2, 0) is 29.1 Å². The molecule has 3 N–H and O–H groups in total. The smallest absolute Gasteiger partial charge is 0.288 e. The van der Waals surface area contributed by atoms with Crippen LogP contribution >= 0.6 is 0 Å². The predicted molar refractivity (Wildman–Crippen MR) is 124 cm³/mol. The number of hydrogen-bond acceptors (Lipinski definition) is 6. The van der Waals surface area contributed by atoms with Crippen LogP contribution in [0.5, 0.6) is 0 Å². The summed E-state index contributed by atoms with van der Waals surface area (Å²) in [7, 11) is 1.82. The molecule has 0 saturated carbocycles. The quantitative estimate of drug-likeness (QED) is 0.419. The largest absolute Gasteiger partial charge is 0.388 e. The molecule has 1 aliphatic rings. The third-order valence-electron chi connectivity index (χ3n) is 4.78. The molecular formula is C24H29F2N5O3. The van der Waals surface area contributed by atoms with Gasteiger partial charge in [0.25, 0.3) is 5.91 Å². The molecule has 10 heteroatoms. The van der Waals surface area contributed by atoms with Gasteiger partial charge in [-0.25, -0.2) is 18.4 Å². The second kappa shape index (κ2) is 13.8. The number of rotatable bonds is 6. The molecule has 1 amide bonds. The van der Waals surface area contributed by atoms with Crippen LogP contribution < -0.4 is 11.1 Å². The van der Waals surface area contributed by atoms with Gasteiger partial charge < -0.3 is 20.6 Å². The molecule has 0 radical (unpaired) electrons. The van der Waals surface area contributed by atoms with Gasteiger partial charge in [0.2, 0.25) is 5.82 Å². The van der Waals surface area contributed by atoms with Gasteiger partial charge in [-0.05, 0) is 55.2 Å². The number of nitrogens with two attached hydrogens (primary N) is 1. The number of ether oxygens (including phenoxy) is 1. The molecule has 0 bridgehead atoms. The topological polar surface area (TPSA) is 112 Å². The number of nitrogens with one attached hydrogen (secondary N) is 1. The van der Waals surface area contributed by atoms with E-state index in [2.05, 4.69) is 15.4 Å². The molecule has 2 heterocycles. The average Bonchev–Trinajstić information content (AvgIpc) is 3.25. The average molecular weight is 474 g/mol. The maximum absolute atomic E-state index is 13.2. The first-order valence-electron chi connectivity index (χ1n) is 10.8. The number of hydrogen-bond donors (Lipinski definition) is 2. The molecule has 8 nitrogen and oxygen atoms in total. The molecule has 0 aliphatic carbocycles. The van der Waals surface area contributed by atoms with E-state index in [0.29, 0.717) is 32.0 Å². The fraction of sp³-hybridized carbons (Fsp3) is 0.333. The molecule has 4 rings (SSSR count). The van der Waals surface area contributed by atoms with Crippen LogP contribution in [0.1, 0.15) is 40.4 Å². The van der Waals surface area contributed by atoms with E-state index < -0.39 is 5.91 Å². The molecule has 0 saturated heterocycles. The number of carbonyl (C=O) groups excluding carboxylic acids is 2. The van der Waals surface area contributed by atoms with Crippen molar-refractivity contribution in [2.45, 2.75) is 39.3 Å². The Labute approximate surface area is 197 Å². The normalized spacial score (nSPS) is 11.8. The van der Waals surface area contributed by atoms with Gasteiger partial charge >= 0.3 is 0 Å². The van der Waals surface area contributed by atoms with Gasteiger partial charge in [0.05, 0.1) is 13.2 Å². The molecule has 0 spiro atoms. The van der Waals surface area contributed by atoms with Crippen molar-refractivity contribution in [1.29, 1.82) is 0 Å². The number of halogens is 2. The maximum Gasteiger partial charge on any atom is 0.288 e. The molecule has 3 aromatic rings. The third-order valence-corrected chi connectivity index (χ3v) is 4.78. The fourth-order valence-electron chi connectivity index (χ4n) is 3.24. The first-order chi connectivity index (χ1) is 16.3. The Balaban J connectivity index is 0.000000191. The molecule has 0 fully saturated rings. The van der Waals surface area contributed by atoms with E-state index in [1.807, 2.05) is 14.0 Å². The highest BCUT2D eigenvalue weighted by molar-refractivity contribution is 5.88. The van der Waals surface area contributed by atoms with Crippen molar-refractivity contribution in [3.05, 3.63) is 76.9 Å². The third kappa shape index (κ3) is 8.36. The van der Waals surface area contributed by atoms with Crippen LogP contribution in [0.4, 0.5) is 14.5 Å². The number of aldehydes is 1. The summed E-state index contributed by atoms with van der Waals surface area (Å²) in [5, 5.41) is 6.96. The van der Waals surface area contributed by atoms with Crippen LogP contribution in [0.15, 0.2) is 42.5 Å². The number of fused-ring (bicyclic) bond motifs is 1. The van der Waals surface area contributed by atoms with Gasteiger partial charge in [-0.15, -0.1) is 5.10 Å². The zero-order chi connectivity index (χ0) is 24.9. The number of carbonyl (C=O) groups is 2. The summed E-state index contributed by atoms with van der Waals surface area (Å²) in [6, 6.07) is 11.0. The summed E-state index contributed by atoms with van der Waals surface area (Å²) < 4.78 is 31.8. The van der Waals surface area contributed by atoms with E-state index in [1.54, 1.807) is 22.9 Å². The van der Waals surface area contributed by atoms with E-state index in [9.17, 15) is 18.4 Å². The number of anilines is 1. The second-order valence-electron chi connectivity index (χ2n) is 7.35. The van der Waals surface area contributed by atoms with Crippen molar-refractivity contribution in [3.63, 3.8) is 0 Å². The van der Waals surface area contributed by atoms with Crippen molar-refractivity contribution in [1.82, 2.24) is 14.8 Å². The number of amides is 1. The van der Waals surface area contributed by atoms with E-state index in [-0.39, 0.29) is 17.5 Å². The van der Waals surface area contributed by atoms with Gasteiger partial charge in [-0.2, -0.15) is 0 Å². The number of nitrogens with zero attached hydrogens (tertiary/aromatic N) is 3. The van der Waals surface area contributed by atoms with E-state index in [1.165, 1.54) is 24.3 Å². The number of aryl methyl sites for hydroxylation is 2. The number of unbranched alkanes of at least 4 members (excludes halogenated alkanes) is 1. The summed E-state index contributed by atoms with van der Waals surface area (Å²) >= 11 is 0. The van der Waals surface area contributed by atoms with Crippen LogP contribution in [0, 0.1) is 18.6 Å². The molecular weight excluding hydrogens is 444 g/mol. The van der Waals surface area contributed by atoms with Gasteiger partial charge in [0, 0.05) is 19.2 Å². The Kier molecular flexibility index (Phi) is 10.8. The van der Waals surface area contributed by atoms with E-state index >= 15 is 0 Å². The minimum absolute atomic E-state index is 0.0653. The van der Waals surface area contributed by atoms with Crippen molar-refractivity contribution in [2.75, 3.05) is 19.0 Å². The SMILES string of the molecule is CNc1c(C)cc(F)cc1CCCC=O.Fc1ccccc1.NC(=O)c1nc2n(n1)CCOC2. The number of benzene rings is 2. The highest BCUT2D eigenvalue weighted by Crippen LogP contribution is 2.23. The van der Waals surface area contributed by atoms with Crippen LogP contribution in [0.25, 0.3) is 0 Å². The maximum atomic E-state index is 13.2. The van der Waals surface area contributed by atoms with Crippen molar-refractivity contribution in [2.24, 2.45) is 5.73 Å². The van der Waals surface area contributed by atoms with Gasteiger partial charge in [0.15, 0.2) is 5.82 Å². The lowest BCUT2D eigenvalue weighted by Gasteiger charge is -2.12. The highest BCUT2D eigenvalue weighted by Gasteiger charge is 2.16. The van der Waals surface area contributed by atoms with Crippen LogP contribution in [0.2, 0.25) is 0 Å². The number of primary amides is 1. The monoisotopic (exact) mass is 473 g/mol. The Morgan fingerprint density at radius 3 is 2.53 bits per heavy atom. The second-order valence-corrected chi connectivity index (χ2v) is 7.35. The lowest BCUT2D eigenvalue weighted by atomic mass is 10.0. The lowest BCUT2D eigenvalue weighted by molar-refractivity contribution is -0.107. The zero-order valence-electron chi connectivity index (χ0n) is 19.3. The van der Waals surface area contributed by atoms with E-state index in [0.717, 1.165) is 35.9 Å². The molecule has 0 atom stereocenters. The minimum atomic E-state index is -0.600. The standard InChI is InChI=1S/C12H16FNO.C6H5F.C6H8N4O2/c1-9-7-11(13)8-10(12(9)14-2)5-3-4-6-15;7-6-4-2-1-3-5-6;7-5(11)6-8-4-3-12-2-1-10(4)9-6/h6-8,14H,3-5H2,1-2H3;1-5H;1-3H2,(H2,7,11). The summed E-state index contributed by atoms with van der Waals surface area (Å²) in [4.78, 5) is 24.8. The molecule has 1 aliphatic heterocycles. The Hall–Kier alpha value is -3.66. The molecule has 2 aromatic carbocycles. The molecule has 34 heavy (non-hydrogen) atoms. The van der Waals surface area contributed by atoms with E-state index in [4.69, 9.17) is 10.5 Å². The molecule has 0 unspecified atom stereocenters. The summed E-state index contributed by atoms with van der Waals surface area (Å²) in [6.45, 7) is 3.52. The predicted octanol–water partition coefficient (Wildman–Crippen LogP) is 3.43. The first kappa shape index (κ1) is 26.6. The van der Waals surface area contributed by atoms with Gasteiger partial charge in [-0.1, -0.05) is 18.2 Å². The zero-order valence-corrected chi connectivity index (χ0v) is 19.3. The Morgan fingerprint density at radius 1 is 1.24 bits per heavy atom. The summed E-state index contributed by atoms with van der Waals surface area (Å²) in [5.74, 6) is -0.266. The molecule has 182 valence electrons. The van der Waals surface area contributed by atoms with Gasteiger partial charge in [-0.3, -0.25) is 4.79 Å². The highest BCUT2D eigenvalue weighted by atomic mass is 19.1. The first-order valence-corrected chi connectivity index (χ1v) is 10.8. The lowest BCUT2D eigenvalue weighted by Crippen LogP contribution is -2.18. The molecule has 1 aromatic heterocycles. The number of aromatic nitrogens is 3. The van der Waals surface area contributed by atoms with Crippen LogP contribution in [0.3, 0.4) is 0 Å².